The van der Waals surface area contributed by atoms with Crippen LogP contribution in [0.5, 0.6) is 0 Å². The van der Waals surface area contributed by atoms with Gasteiger partial charge in [0, 0.05) is 5.41 Å². The largest absolute Gasteiger partial charge is 0.379 e. The molecule has 0 atom stereocenters. The van der Waals surface area contributed by atoms with Gasteiger partial charge in [0.05, 0.1) is 13.2 Å². The molecule has 0 saturated carbocycles. The smallest absolute Gasteiger partial charge is 0.0585 e. The van der Waals surface area contributed by atoms with E-state index < -0.39 is 0 Å². The zero-order valence-corrected chi connectivity index (χ0v) is 11.1. The van der Waals surface area contributed by atoms with Crippen LogP contribution in [0.1, 0.15) is 42.4 Å². The molecule has 0 aromatic heterocycles. The van der Waals surface area contributed by atoms with Crippen molar-refractivity contribution in [3.05, 3.63) is 34.9 Å². The van der Waals surface area contributed by atoms with E-state index >= 15 is 0 Å². The normalized spacial score (nSPS) is 21.2. The minimum Gasteiger partial charge on any atom is -0.379 e. The van der Waals surface area contributed by atoms with Gasteiger partial charge in [-0.3, -0.25) is 0 Å². The van der Waals surface area contributed by atoms with Crippen molar-refractivity contribution in [1.29, 1.82) is 0 Å². The van der Waals surface area contributed by atoms with Gasteiger partial charge in [0.1, 0.15) is 0 Å². The molecule has 0 unspecified atom stereocenters. The van der Waals surface area contributed by atoms with Crippen LogP contribution >= 0.6 is 0 Å². The first-order valence-corrected chi connectivity index (χ1v) is 7.24. The minimum atomic E-state index is 0.270. The molecule has 98 valence electrons. The Kier molecular flexibility index (Phi) is 3.40. The average molecular weight is 245 g/mol. The molecule has 0 amide bonds. The van der Waals surface area contributed by atoms with E-state index in [2.05, 4.69) is 18.2 Å². The third kappa shape index (κ3) is 2.08. The third-order valence-electron chi connectivity index (χ3n) is 4.58. The predicted molar refractivity (Wildman–Crippen MR) is 73.9 cm³/mol. The molecule has 1 aliphatic carbocycles. The van der Waals surface area contributed by atoms with Crippen molar-refractivity contribution in [3.63, 3.8) is 0 Å². The first-order valence-electron chi connectivity index (χ1n) is 7.24. The van der Waals surface area contributed by atoms with Crippen molar-refractivity contribution in [2.45, 2.75) is 43.9 Å². The zero-order chi connectivity index (χ0) is 12.4. The SMILES string of the molecule is NCCCC1(c2ccc3c(c2)CCCC3)COC1. The number of benzene rings is 1. The lowest BCUT2D eigenvalue weighted by atomic mass is 9.73. The summed E-state index contributed by atoms with van der Waals surface area (Å²) < 4.78 is 5.49. The number of nitrogens with two attached hydrogens (primary N) is 1. The van der Waals surface area contributed by atoms with Crippen LogP contribution in [0.25, 0.3) is 0 Å². The summed E-state index contributed by atoms with van der Waals surface area (Å²) in [5.74, 6) is 0. The highest BCUT2D eigenvalue weighted by atomic mass is 16.5. The molecular weight excluding hydrogens is 222 g/mol. The molecule has 1 fully saturated rings. The highest BCUT2D eigenvalue weighted by Crippen LogP contribution is 2.38. The van der Waals surface area contributed by atoms with Crippen LogP contribution in [-0.2, 0) is 23.0 Å². The number of fused-ring (bicyclic) bond motifs is 1. The van der Waals surface area contributed by atoms with Crippen molar-refractivity contribution in [2.75, 3.05) is 19.8 Å². The molecule has 1 aliphatic heterocycles. The molecule has 0 bridgehead atoms. The molecule has 1 aromatic rings. The quantitative estimate of drug-likeness (QED) is 0.885. The molecule has 2 aliphatic rings. The number of ether oxygens (including phenoxy) is 1. The van der Waals surface area contributed by atoms with Gasteiger partial charge in [0.15, 0.2) is 0 Å². The Morgan fingerprint density at radius 1 is 1.11 bits per heavy atom. The second-order valence-electron chi connectivity index (χ2n) is 5.86. The van der Waals surface area contributed by atoms with Crippen LogP contribution in [0, 0.1) is 0 Å². The highest BCUT2D eigenvalue weighted by molar-refractivity contribution is 5.38. The van der Waals surface area contributed by atoms with Crippen molar-refractivity contribution in [1.82, 2.24) is 0 Å². The van der Waals surface area contributed by atoms with Gasteiger partial charge in [-0.15, -0.1) is 0 Å². The highest BCUT2D eigenvalue weighted by Gasteiger charge is 2.39. The zero-order valence-electron chi connectivity index (χ0n) is 11.1. The lowest BCUT2D eigenvalue weighted by molar-refractivity contribution is -0.0649. The summed E-state index contributed by atoms with van der Waals surface area (Å²) in [6.07, 6.45) is 7.50. The Morgan fingerprint density at radius 3 is 2.56 bits per heavy atom. The molecule has 18 heavy (non-hydrogen) atoms. The van der Waals surface area contributed by atoms with Crippen LogP contribution in [0.2, 0.25) is 0 Å². The van der Waals surface area contributed by atoms with Gasteiger partial charge in [0.25, 0.3) is 0 Å². The second kappa shape index (κ2) is 5.02. The third-order valence-corrected chi connectivity index (χ3v) is 4.58. The predicted octanol–water partition coefficient (Wildman–Crippen LogP) is 2.57. The maximum Gasteiger partial charge on any atom is 0.0585 e. The fourth-order valence-corrected chi connectivity index (χ4v) is 3.31. The van der Waals surface area contributed by atoms with Gasteiger partial charge in [-0.2, -0.15) is 0 Å². The molecule has 2 nitrogen and oxygen atoms in total. The Hall–Kier alpha value is -0.860. The van der Waals surface area contributed by atoms with Crippen LogP contribution in [0.15, 0.2) is 18.2 Å². The number of hydrogen-bond donors (Lipinski definition) is 1. The molecule has 2 heteroatoms. The van der Waals surface area contributed by atoms with Crippen molar-refractivity contribution < 1.29 is 4.74 Å². The minimum absolute atomic E-state index is 0.270. The fraction of sp³-hybridized carbons (Fsp3) is 0.625. The Bertz CT molecular complexity index is 423. The van der Waals surface area contributed by atoms with Crippen LogP contribution in [-0.4, -0.2) is 19.8 Å². The second-order valence-corrected chi connectivity index (χ2v) is 5.86. The van der Waals surface area contributed by atoms with E-state index in [0.29, 0.717) is 0 Å². The van der Waals surface area contributed by atoms with Crippen molar-refractivity contribution in [2.24, 2.45) is 5.73 Å². The summed E-state index contributed by atoms with van der Waals surface area (Å²) in [6.45, 7) is 2.55. The fourth-order valence-electron chi connectivity index (χ4n) is 3.31. The molecular formula is C16H23NO. The lowest BCUT2D eigenvalue weighted by Gasteiger charge is -2.42. The molecule has 1 aromatic carbocycles. The van der Waals surface area contributed by atoms with E-state index in [1.54, 1.807) is 11.1 Å². The van der Waals surface area contributed by atoms with Gasteiger partial charge >= 0.3 is 0 Å². The summed E-state index contributed by atoms with van der Waals surface area (Å²) >= 11 is 0. The van der Waals surface area contributed by atoms with Crippen LogP contribution < -0.4 is 5.73 Å². The maximum atomic E-state index is 5.66. The van der Waals surface area contributed by atoms with E-state index in [0.717, 1.165) is 26.2 Å². The van der Waals surface area contributed by atoms with E-state index in [1.807, 2.05) is 0 Å². The van der Waals surface area contributed by atoms with E-state index in [9.17, 15) is 0 Å². The summed E-state index contributed by atoms with van der Waals surface area (Å²) in [7, 11) is 0. The van der Waals surface area contributed by atoms with Gasteiger partial charge in [0.2, 0.25) is 0 Å². The van der Waals surface area contributed by atoms with Crippen molar-refractivity contribution in [3.8, 4) is 0 Å². The average Bonchev–Trinajstić information content (AvgIpc) is 2.37. The van der Waals surface area contributed by atoms with Gasteiger partial charge in [-0.1, -0.05) is 18.2 Å². The Balaban J connectivity index is 1.86. The molecule has 1 heterocycles. The molecule has 2 N–H and O–H groups in total. The molecule has 3 rings (SSSR count). The summed E-state index contributed by atoms with van der Waals surface area (Å²) in [4.78, 5) is 0. The summed E-state index contributed by atoms with van der Waals surface area (Å²) in [6, 6.07) is 7.14. The molecule has 1 saturated heterocycles. The summed E-state index contributed by atoms with van der Waals surface area (Å²) in [5, 5.41) is 0. The van der Waals surface area contributed by atoms with Gasteiger partial charge in [-0.25, -0.2) is 0 Å². The first kappa shape index (κ1) is 12.2. The lowest BCUT2D eigenvalue weighted by Crippen LogP contribution is -2.47. The van der Waals surface area contributed by atoms with Gasteiger partial charge in [-0.05, 0) is 61.8 Å². The van der Waals surface area contributed by atoms with Crippen molar-refractivity contribution >= 4 is 0 Å². The molecule has 0 radical (unpaired) electrons. The van der Waals surface area contributed by atoms with Crippen LogP contribution in [0.3, 0.4) is 0 Å². The van der Waals surface area contributed by atoms with E-state index in [4.69, 9.17) is 10.5 Å². The van der Waals surface area contributed by atoms with Crippen LogP contribution in [0.4, 0.5) is 0 Å². The standard InChI is InChI=1S/C16H23NO/c17-9-3-8-16(11-18-12-16)15-7-6-13-4-1-2-5-14(13)10-15/h6-7,10H,1-5,8-9,11-12,17H2. The first-order chi connectivity index (χ1) is 8.84. The van der Waals surface area contributed by atoms with Gasteiger partial charge < -0.3 is 10.5 Å². The Morgan fingerprint density at radius 2 is 1.89 bits per heavy atom. The van der Waals surface area contributed by atoms with E-state index in [1.165, 1.54) is 37.7 Å². The topological polar surface area (TPSA) is 35.2 Å². The number of rotatable bonds is 4. The number of aryl methyl sites for hydroxylation is 2. The van der Waals surface area contributed by atoms with E-state index in [-0.39, 0.29) is 5.41 Å². The summed E-state index contributed by atoms with van der Waals surface area (Å²) in [5.41, 5.74) is 10.6. The maximum absolute atomic E-state index is 5.66. The molecule has 0 spiro atoms. The Labute approximate surface area is 110 Å². The number of hydrogen-bond acceptors (Lipinski definition) is 2. The monoisotopic (exact) mass is 245 g/mol.